The van der Waals surface area contributed by atoms with Crippen molar-refractivity contribution in [1.82, 2.24) is 5.32 Å². The van der Waals surface area contributed by atoms with Gasteiger partial charge in [-0.25, -0.2) is 0 Å². The molecule has 0 fully saturated rings. The molecule has 84 valence electrons. The summed E-state index contributed by atoms with van der Waals surface area (Å²) in [5.41, 5.74) is 7.25. The third-order valence-electron chi connectivity index (χ3n) is 2.23. The monoisotopic (exact) mass is 216 g/mol. The molecule has 0 atom stereocenters. The molecular formula is C13H16N2O. The van der Waals surface area contributed by atoms with E-state index < -0.39 is 0 Å². The number of unbranched alkanes of at least 4 members (excludes halogenated alkanes) is 1. The number of hydrogen-bond acceptors (Lipinski definition) is 2. The van der Waals surface area contributed by atoms with E-state index in [1.807, 2.05) is 18.2 Å². The number of hydrogen-bond donors (Lipinski definition) is 2. The maximum absolute atomic E-state index is 11.5. The van der Waals surface area contributed by atoms with Gasteiger partial charge >= 0.3 is 0 Å². The number of anilines is 1. The van der Waals surface area contributed by atoms with Gasteiger partial charge in [-0.05, 0) is 18.1 Å². The summed E-state index contributed by atoms with van der Waals surface area (Å²) in [6, 6.07) is 7.37. The van der Waals surface area contributed by atoms with Crippen molar-refractivity contribution >= 4 is 11.6 Å². The normalized spacial score (nSPS) is 9.44. The highest BCUT2D eigenvalue weighted by Crippen LogP contribution is 2.10. The molecule has 0 bridgehead atoms. The van der Waals surface area contributed by atoms with Crippen molar-refractivity contribution in [2.24, 2.45) is 0 Å². The number of nitrogen functional groups attached to an aromatic ring is 1. The van der Waals surface area contributed by atoms with E-state index in [2.05, 4.69) is 11.2 Å². The molecule has 1 amide bonds. The van der Waals surface area contributed by atoms with Gasteiger partial charge in [0.2, 0.25) is 5.91 Å². The molecule has 0 aliphatic heterocycles. The Morgan fingerprint density at radius 3 is 2.88 bits per heavy atom. The Hall–Kier alpha value is -1.95. The van der Waals surface area contributed by atoms with Gasteiger partial charge in [0.15, 0.2) is 0 Å². The molecule has 0 aromatic heterocycles. The number of amides is 1. The van der Waals surface area contributed by atoms with E-state index in [0.29, 0.717) is 25.1 Å². The van der Waals surface area contributed by atoms with Gasteiger partial charge < -0.3 is 11.1 Å². The van der Waals surface area contributed by atoms with Crippen LogP contribution in [0.3, 0.4) is 0 Å². The molecule has 0 spiro atoms. The van der Waals surface area contributed by atoms with Crippen molar-refractivity contribution in [3.63, 3.8) is 0 Å². The van der Waals surface area contributed by atoms with E-state index in [-0.39, 0.29) is 5.91 Å². The first-order valence-electron chi connectivity index (χ1n) is 5.27. The summed E-state index contributed by atoms with van der Waals surface area (Å²) >= 11 is 0. The van der Waals surface area contributed by atoms with Gasteiger partial charge in [-0.2, -0.15) is 0 Å². The van der Waals surface area contributed by atoms with Crippen LogP contribution in [0.1, 0.15) is 18.4 Å². The first-order chi connectivity index (χ1) is 7.74. The highest BCUT2D eigenvalue weighted by molar-refractivity contribution is 5.80. The van der Waals surface area contributed by atoms with E-state index in [1.165, 1.54) is 0 Å². The fraction of sp³-hybridized carbons (Fsp3) is 0.308. The average molecular weight is 216 g/mol. The van der Waals surface area contributed by atoms with E-state index >= 15 is 0 Å². The lowest BCUT2D eigenvalue weighted by molar-refractivity contribution is -0.120. The third kappa shape index (κ3) is 4.05. The maximum atomic E-state index is 11.5. The fourth-order valence-electron chi connectivity index (χ4n) is 1.35. The summed E-state index contributed by atoms with van der Waals surface area (Å²) in [5, 5.41) is 2.80. The predicted molar refractivity (Wildman–Crippen MR) is 65.6 cm³/mol. The number of carbonyl (C=O) groups is 1. The van der Waals surface area contributed by atoms with Gasteiger partial charge in [0, 0.05) is 18.7 Å². The van der Waals surface area contributed by atoms with Gasteiger partial charge in [0.25, 0.3) is 0 Å². The molecule has 0 radical (unpaired) electrons. The Kier molecular flexibility index (Phi) is 4.94. The minimum Gasteiger partial charge on any atom is -0.398 e. The van der Waals surface area contributed by atoms with Crippen LogP contribution < -0.4 is 11.1 Å². The first-order valence-corrected chi connectivity index (χ1v) is 5.27. The molecule has 3 N–H and O–H groups in total. The van der Waals surface area contributed by atoms with Gasteiger partial charge in [-0.1, -0.05) is 18.2 Å². The standard InChI is InChI=1S/C13H16N2O/c1-2-3-6-9-15-13(16)10-11-7-4-5-8-12(11)14/h1,4-5,7-8H,3,6,9-10,14H2,(H,15,16). The Balaban J connectivity index is 2.35. The van der Waals surface area contributed by atoms with E-state index in [9.17, 15) is 4.79 Å². The van der Waals surface area contributed by atoms with Crippen molar-refractivity contribution in [1.29, 1.82) is 0 Å². The number of para-hydroxylation sites is 1. The molecular weight excluding hydrogens is 200 g/mol. The highest BCUT2D eigenvalue weighted by atomic mass is 16.1. The molecule has 1 aromatic carbocycles. The molecule has 0 unspecified atom stereocenters. The van der Waals surface area contributed by atoms with Crippen molar-refractivity contribution < 1.29 is 4.79 Å². The van der Waals surface area contributed by atoms with Crippen LogP contribution in [0.4, 0.5) is 5.69 Å². The second-order valence-electron chi connectivity index (χ2n) is 3.53. The van der Waals surface area contributed by atoms with E-state index in [4.69, 9.17) is 12.2 Å². The second kappa shape index (κ2) is 6.52. The SMILES string of the molecule is C#CCCCNC(=O)Cc1ccccc1N. The Labute approximate surface area is 96.0 Å². The summed E-state index contributed by atoms with van der Waals surface area (Å²) in [7, 11) is 0. The zero-order valence-electron chi connectivity index (χ0n) is 9.20. The summed E-state index contributed by atoms with van der Waals surface area (Å²) in [5.74, 6) is 2.51. The van der Waals surface area contributed by atoms with Crippen molar-refractivity contribution in [2.75, 3.05) is 12.3 Å². The Bertz CT molecular complexity index is 393. The van der Waals surface area contributed by atoms with Gasteiger partial charge in [-0.15, -0.1) is 12.3 Å². The van der Waals surface area contributed by atoms with Crippen LogP contribution in [0.15, 0.2) is 24.3 Å². The molecule has 0 aliphatic rings. The second-order valence-corrected chi connectivity index (χ2v) is 3.53. The van der Waals surface area contributed by atoms with Gasteiger partial charge in [0.1, 0.15) is 0 Å². The molecule has 3 nitrogen and oxygen atoms in total. The molecule has 0 heterocycles. The van der Waals surface area contributed by atoms with Crippen molar-refractivity contribution in [2.45, 2.75) is 19.3 Å². The lowest BCUT2D eigenvalue weighted by Gasteiger charge is -2.06. The largest absolute Gasteiger partial charge is 0.398 e. The molecule has 0 saturated heterocycles. The highest BCUT2D eigenvalue weighted by Gasteiger charge is 2.04. The van der Waals surface area contributed by atoms with Crippen LogP contribution in [0.2, 0.25) is 0 Å². The summed E-state index contributed by atoms with van der Waals surface area (Å²) in [6.07, 6.45) is 6.93. The number of terminal acetylenes is 1. The van der Waals surface area contributed by atoms with E-state index in [0.717, 1.165) is 12.0 Å². The zero-order valence-corrected chi connectivity index (χ0v) is 9.20. The van der Waals surface area contributed by atoms with Crippen LogP contribution >= 0.6 is 0 Å². The van der Waals surface area contributed by atoms with Crippen LogP contribution in [0.5, 0.6) is 0 Å². The molecule has 16 heavy (non-hydrogen) atoms. The summed E-state index contributed by atoms with van der Waals surface area (Å²) in [4.78, 5) is 11.5. The quantitative estimate of drug-likeness (QED) is 0.443. The lowest BCUT2D eigenvalue weighted by atomic mass is 10.1. The molecule has 1 aromatic rings. The Morgan fingerprint density at radius 2 is 2.19 bits per heavy atom. The van der Waals surface area contributed by atoms with E-state index in [1.54, 1.807) is 6.07 Å². The number of carbonyl (C=O) groups excluding carboxylic acids is 1. The van der Waals surface area contributed by atoms with Crippen LogP contribution in [0.25, 0.3) is 0 Å². The average Bonchev–Trinajstić information content (AvgIpc) is 2.28. The smallest absolute Gasteiger partial charge is 0.224 e. The minimum atomic E-state index is -0.0186. The third-order valence-corrected chi connectivity index (χ3v) is 2.23. The van der Waals surface area contributed by atoms with Crippen LogP contribution in [0, 0.1) is 12.3 Å². The van der Waals surface area contributed by atoms with Gasteiger partial charge in [0.05, 0.1) is 6.42 Å². The lowest BCUT2D eigenvalue weighted by Crippen LogP contribution is -2.26. The fourth-order valence-corrected chi connectivity index (χ4v) is 1.35. The molecule has 0 aliphatic carbocycles. The van der Waals surface area contributed by atoms with Crippen molar-refractivity contribution in [3.05, 3.63) is 29.8 Å². The molecule has 0 saturated carbocycles. The number of rotatable bonds is 5. The summed E-state index contributed by atoms with van der Waals surface area (Å²) in [6.45, 7) is 0.621. The van der Waals surface area contributed by atoms with Crippen LogP contribution in [-0.2, 0) is 11.2 Å². The van der Waals surface area contributed by atoms with Crippen LogP contribution in [-0.4, -0.2) is 12.5 Å². The predicted octanol–water partition coefficient (Wildman–Crippen LogP) is 1.34. The van der Waals surface area contributed by atoms with Gasteiger partial charge in [-0.3, -0.25) is 4.79 Å². The summed E-state index contributed by atoms with van der Waals surface area (Å²) < 4.78 is 0. The van der Waals surface area contributed by atoms with Crippen molar-refractivity contribution in [3.8, 4) is 12.3 Å². The molecule has 3 heteroatoms. The zero-order chi connectivity index (χ0) is 11.8. The minimum absolute atomic E-state index is 0.0186. The maximum Gasteiger partial charge on any atom is 0.224 e. The topological polar surface area (TPSA) is 55.1 Å². The first kappa shape index (κ1) is 12.1. The Morgan fingerprint density at radius 1 is 1.44 bits per heavy atom. The molecule has 1 rings (SSSR count). The number of nitrogens with two attached hydrogens (primary N) is 1. The number of nitrogens with one attached hydrogen (secondary N) is 1. The number of benzene rings is 1.